The van der Waals surface area contributed by atoms with Crippen LogP contribution >= 0.6 is 0 Å². The Balaban J connectivity index is 2.20. The van der Waals surface area contributed by atoms with E-state index in [-0.39, 0.29) is 12.0 Å². The average molecular weight is 258 g/mol. The fourth-order valence-electron chi connectivity index (χ4n) is 2.13. The van der Waals surface area contributed by atoms with E-state index in [1.165, 1.54) is 7.11 Å². The van der Waals surface area contributed by atoms with Gasteiger partial charge in [0.2, 0.25) is 0 Å². The van der Waals surface area contributed by atoms with Crippen LogP contribution in [0.25, 0.3) is 10.9 Å². The van der Waals surface area contributed by atoms with Gasteiger partial charge in [-0.25, -0.2) is 0 Å². The molecule has 1 heterocycles. The molecule has 1 aromatic carbocycles. The van der Waals surface area contributed by atoms with E-state index in [9.17, 15) is 4.79 Å². The molecule has 0 aliphatic rings. The summed E-state index contributed by atoms with van der Waals surface area (Å²) in [4.78, 5) is 15.0. The van der Waals surface area contributed by atoms with E-state index in [0.717, 1.165) is 16.5 Å². The second-order valence-corrected chi connectivity index (χ2v) is 4.34. The zero-order valence-corrected chi connectivity index (χ0v) is 11.0. The molecule has 0 aliphatic carbocycles. The molecule has 19 heavy (non-hydrogen) atoms. The molecule has 0 amide bonds. The smallest absolute Gasteiger partial charge is 0.323 e. The molecule has 2 rings (SSSR count). The fourth-order valence-corrected chi connectivity index (χ4v) is 2.13. The molecule has 0 fully saturated rings. The monoisotopic (exact) mass is 258 g/mol. The lowest BCUT2D eigenvalue weighted by atomic mass is 10.1. The number of hydrogen-bond donors (Lipinski definition) is 2. The lowest BCUT2D eigenvalue weighted by Crippen LogP contribution is -2.39. The first kappa shape index (κ1) is 13.4. The van der Waals surface area contributed by atoms with Crippen LogP contribution in [-0.4, -0.2) is 30.6 Å². The topological polar surface area (TPSA) is 54.1 Å². The third kappa shape index (κ3) is 3.03. The van der Waals surface area contributed by atoms with Gasteiger partial charge in [-0.15, -0.1) is 6.58 Å². The first-order valence-corrected chi connectivity index (χ1v) is 6.23. The molecular weight excluding hydrogens is 240 g/mol. The van der Waals surface area contributed by atoms with Crippen LogP contribution in [0.4, 0.5) is 0 Å². The Morgan fingerprint density at radius 1 is 1.53 bits per heavy atom. The Bertz CT molecular complexity index is 574. The van der Waals surface area contributed by atoms with Crippen molar-refractivity contribution in [2.45, 2.75) is 12.5 Å². The van der Waals surface area contributed by atoms with Crippen LogP contribution in [-0.2, 0) is 16.0 Å². The van der Waals surface area contributed by atoms with Gasteiger partial charge in [0.25, 0.3) is 0 Å². The van der Waals surface area contributed by atoms with Gasteiger partial charge in [0.15, 0.2) is 0 Å². The molecule has 0 spiro atoms. The number of aromatic nitrogens is 1. The molecule has 1 atom stereocenters. The number of hydrogen-bond acceptors (Lipinski definition) is 3. The standard InChI is InChI=1S/C15H18N2O2/c1-3-8-16-14(15(18)19-2)9-11-10-17-13-7-5-4-6-12(11)13/h3-7,10,14,16-17H,1,8-9H2,2H3/t14-/m0/s1. The van der Waals surface area contributed by atoms with Crippen LogP contribution in [0.15, 0.2) is 43.1 Å². The van der Waals surface area contributed by atoms with Crippen molar-refractivity contribution < 1.29 is 9.53 Å². The summed E-state index contributed by atoms with van der Waals surface area (Å²) in [6.07, 6.45) is 4.26. The lowest BCUT2D eigenvalue weighted by molar-refractivity contribution is -0.143. The summed E-state index contributed by atoms with van der Waals surface area (Å²) < 4.78 is 4.82. The van der Waals surface area contributed by atoms with Crippen molar-refractivity contribution in [1.29, 1.82) is 0 Å². The Morgan fingerprint density at radius 3 is 3.05 bits per heavy atom. The summed E-state index contributed by atoms with van der Waals surface area (Å²) >= 11 is 0. The van der Waals surface area contributed by atoms with Gasteiger partial charge >= 0.3 is 5.97 Å². The van der Waals surface area contributed by atoms with Crippen molar-refractivity contribution in [1.82, 2.24) is 10.3 Å². The van der Waals surface area contributed by atoms with Gasteiger partial charge in [-0.3, -0.25) is 4.79 Å². The molecule has 2 aromatic rings. The maximum Gasteiger partial charge on any atom is 0.323 e. The molecule has 100 valence electrons. The number of esters is 1. The number of carbonyl (C=O) groups is 1. The van der Waals surface area contributed by atoms with E-state index in [2.05, 4.69) is 16.9 Å². The molecule has 0 unspecified atom stereocenters. The highest BCUT2D eigenvalue weighted by Gasteiger charge is 2.19. The fraction of sp³-hybridized carbons (Fsp3) is 0.267. The van der Waals surface area contributed by atoms with Gasteiger partial charge in [0.05, 0.1) is 7.11 Å². The highest BCUT2D eigenvalue weighted by Crippen LogP contribution is 2.19. The van der Waals surface area contributed by atoms with E-state index < -0.39 is 0 Å². The number of para-hydroxylation sites is 1. The van der Waals surface area contributed by atoms with Crippen molar-refractivity contribution >= 4 is 16.9 Å². The Morgan fingerprint density at radius 2 is 2.32 bits per heavy atom. The molecule has 4 heteroatoms. The number of benzene rings is 1. The zero-order valence-electron chi connectivity index (χ0n) is 11.0. The van der Waals surface area contributed by atoms with Crippen LogP contribution in [0.1, 0.15) is 5.56 Å². The second kappa shape index (κ2) is 6.20. The van der Waals surface area contributed by atoms with Crippen LogP contribution in [0.5, 0.6) is 0 Å². The number of rotatable bonds is 6. The van der Waals surface area contributed by atoms with Crippen LogP contribution < -0.4 is 5.32 Å². The summed E-state index contributed by atoms with van der Waals surface area (Å²) in [5.74, 6) is -0.257. The maximum absolute atomic E-state index is 11.8. The van der Waals surface area contributed by atoms with E-state index in [4.69, 9.17) is 4.74 Å². The number of nitrogens with one attached hydrogen (secondary N) is 2. The molecule has 2 N–H and O–H groups in total. The molecule has 0 aliphatic heterocycles. The number of H-pyrrole nitrogens is 1. The van der Waals surface area contributed by atoms with E-state index >= 15 is 0 Å². The second-order valence-electron chi connectivity index (χ2n) is 4.34. The van der Waals surface area contributed by atoms with Crippen LogP contribution in [0, 0.1) is 0 Å². The number of carbonyl (C=O) groups excluding carboxylic acids is 1. The van der Waals surface area contributed by atoms with E-state index in [0.29, 0.717) is 13.0 Å². The van der Waals surface area contributed by atoms with Crippen molar-refractivity contribution in [3.05, 3.63) is 48.7 Å². The molecular formula is C15H18N2O2. The first-order chi connectivity index (χ1) is 9.26. The van der Waals surface area contributed by atoms with Crippen molar-refractivity contribution in [2.24, 2.45) is 0 Å². The van der Waals surface area contributed by atoms with Gasteiger partial charge in [0, 0.05) is 30.1 Å². The van der Waals surface area contributed by atoms with E-state index in [1.54, 1.807) is 6.08 Å². The minimum atomic E-state index is -0.359. The third-order valence-corrected chi connectivity index (χ3v) is 3.09. The van der Waals surface area contributed by atoms with Gasteiger partial charge < -0.3 is 15.0 Å². The highest BCUT2D eigenvalue weighted by molar-refractivity contribution is 5.84. The SMILES string of the molecule is C=CCN[C@@H](Cc1c[nH]c2ccccc12)C(=O)OC. The first-order valence-electron chi connectivity index (χ1n) is 6.23. The molecule has 0 radical (unpaired) electrons. The minimum absolute atomic E-state index is 0.257. The lowest BCUT2D eigenvalue weighted by Gasteiger charge is -2.14. The molecule has 4 nitrogen and oxygen atoms in total. The summed E-state index contributed by atoms with van der Waals surface area (Å²) in [5.41, 5.74) is 2.17. The molecule has 0 saturated heterocycles. The van der Waals surface area contributed by atoms with Crippen molar-refractivity contribution in [2.75, 3.05) is 13.7 Å². The number of ether oxygens (including phenoxy) is 1. The zero-order chi connectivity index (χ0) is 13.7. The normalized spacial score (nSPS) is 12.3. The molecule has 0 saturated carbocycles. The summed E-state index contributed by atoms with van der Waals surface area (Å²) in [6, 6.07) is 7.68. The van der Waals surface area contributed by atoms with Crippen molar-refractivity contribution in [3.8, 4) is 0 Å². The summed E-state index contributed by atoms with van der Waals surface area (Å²) in [6.45, 7) is 4.22. The Hall–Kier alpha value is -2.07. The van der Waals surface area contributed by atoms with Gasteiger partial charge in [-0.1, -0.05) is 24.3 Å². The number of methoxy groups -OCH3 is 1. The quantitative estimate of drug-likeness (QED) is 0.615. The Labute approximate surface area is 112 Å². The number of fused-ring (bicyclic) bond motifs is 1. The number of aromatic amines is 1. The van der Waals surface area contributed by atoms with Gasteiger partial charge in [0.1, 0.15) is 6.04 Å². The predicted octanol–water partition coefficient (Wildman–Crippen LogP) is 2.03. The maximum atomic E-state index is 11.8. The highest BCUT2D eigenvalue weighted by atomic mass is 16.5. The molecule has 0 bridgehead atoms. The van der Waals surface area contributed by atoms with Crippen LogP contribution in [0.3, 0.4) is 0 Å². The van der Waals surface area contributed by atoms with Gasteiger partial charge in [-0.2, -0.15) is 0 Å². The van der Waals surface area contributed by atoms with Gasteiger partial charge in [-0.05, 0) is 11.6 Å². The van der Waals surface area contributed by atoms with E-state index in [1.807, 2.05) is 30.5 Å². The average Bonchev–Trinajstić information content (AvgIpc) is 2.86. The molecule has 1 aromatic heterocycles. The third-order valence-electron chi connectivity index (χ3n) is 3.09. The van der Waals surface area contributed by atoms with Crippen molar-refractivity contribution in [3.63, 3.8) is 0 Å². The predicted molar refractivity (Wildman–Crippen MR) is 76.0 cm³/mol. The Kier molecular flexibility index (Phi) is 4.36. The summed E-state index contributed by atoms with van der Waals surface area (Å²) in [5, 5.41) is 4.25. The summed E-state index contributed by atoms with van der Waals surface area (Å²) in [7, 11) is 1.40. The minimum Gasteiger partial charge on any atom is -0.468 e. The van der Waals surface area contributed by atoms with Crippen LogP contribution in [0.2, 0.25) is 0 Å². The largest absolute Gasteiger partial charge is 0.468 e.